The van der Waals surface area contributed by atoms with E-state index in [9.17, 15) is 14.4 Å². The number of hydrogen-bond donors (Lipinski definition) is 2. The highest BCUT2D eigenvalue weighted by atomic mass is 31.2. The second kappa shape index (κ2) is 13.5. The van der Waals surface area contributed by atoms with Gasteiger partial charge in [0, 0.05) is 0 Å². The van der Waals surface area contributed by atoms with E-state index in [-0.39, 0.29) is 5.30 Å². The van der Waals surface area contributed by atoms with Crippen LogP contribution in [0.5, 0.6) is 0 Å². The van der Waals surface area contributed by atoms with E-state index in [4.69, 9.17) is 0 Å². The molecule has 0 bridgehead atoms. The monoisotopic (exact) mass is 396 g/mol. The zero-order chi connectivity index (χ0) is 20.1. The van der Waals surface area contributed by atoms with Gasteiger partial charge in [0.2, 0.25) is 0 Å². The minimum Gasteiger partial charge on any atom is -0.321 e. The Hall–Kier alpha value is -0.630. The molecule has 0 aliphatic rings. The number of aryl methyl sites for hydroxylation is 1. The molecule has 0 aliphatic carbocycles. The standard InChI is InChI=1S/C23H41O3P/c1-4-7-9-10-11-12-13-15-21-16-17-23(27(24,25)26)22(19-21)18-20(6-3)14-8-5-2/h16-17,19-20H,4-15,18H2,1-3H3,(H2,24,25,26). The van der Waals surface area contributed by atoms with Crippen LogP contribution >= 0.6 is 7.60 Å². The van der Waals surface area contributed by atoms with Gasteiger partial charge in [-0.1, -0.05) is 97.1 Å². The van der Waals surface area contributed by atoms with Crippen molar-refractivity contribution in [3.8, 4) is 0 Å². The van der Waals surface area contributed by atoms with Gasteiger partial charge in [-0.3, -0.25) is 4.57 Å². The zero-order valence-electron chi connectivity index (χ0n) is 17.8. The molecular weight excluding hydrogens is 355 g/mol. The molecule has 0 fully saturated rings. The van der Waals surface area contributed by atoms with E-state index in [1.165, 1.54) is 56.9 Å². The van der Waals surface area contributed by atoms with Gasteiger partial charge in [0.25, 0.3) is 0 Å². The van der Waals surface area contributed by atoms with Crippen molar-refractivity contribution in [3.63, 3.8) is 0 Å². The first-order valence-corrected chi connectivity index (χ1v) is 12.7. The second-order valence-corrected chi connectivity index (χ2v) is 9.57. The molecule has 156 valence electrons. The Morgan fingerprint density at radius 2 is 1.52 bits per heavy atom. The van der Waals surface area contributed by atoms with Crippen LogP contribution in [0.4, 0.5) is 0 Å². The van der Waals surface area contributed by atoms with Crippen LogP contribution in [0.15, 0.2) is 18.2 Å². The summed E-state index contributed by atoms with van der Waals surface area (Å²) in [5.41, 5.74) is 2.09. The Balaban J connectivity index is 2.71. The van der Waals surface area contributed by atoms with Crippen LogP contribution < -0.4 is 5.30 Å². The Morgan fingerprint density at radius 1 is 0.889 bits per heavy atom. The van der Waals surface area contributed by atoms with Gasteiger partial charge in [-0.15, -0.1) is 0 Å². The molecule has 2 N–H and O–H groups in total. The molecule has 0 spiro atoms. The highest BCUT2D eigenvalue weighted by Crippen LogP contribution is 2.36. The third-order valence-electron chi connectivity index (χ3n) is 5.58. The fourth-order valence-electron chi connectivity index (χ4n) is 3.78. The Bertz CT molecular complexity index is 565. The van der Waals surface area contributed by atoms with Crippen LogP contribution in [0.25, 0.3) is 0 Å². The number of rotatable bonds is 15. The fourth-order valence-corrected chi connectivity index (χ4v) is 4.58. The summed E-state index contributed by atoms with van der Waals surface area (Å²) in [6.45, 7) is 6.61. The summed E-state index contributed by atoms with van der Waals surface area (Å²) in [7, 11) is -4.22. The summed E-state index contributed by atoms with van der Waals surface area (Å²) in [4.78, 5) is 19.5. The van der Waals surface area contributed by atoms with E-state index in [1.54, 1.807) is 6.07 Å². The quantitative estimate of drug-likeness (QED) is 0.261. The lowest BCUT2D eigenvalue weighted by atomic mass is 9.91. The average Bonchev–Trinajstić information content (AvgIpc) is 2.63. The largest absolute Gasteiger partial charge is 0.356 e. The van der Waals surface area contributed by atoms with E-state index in [0.717, 1.165) is 37.7 Å². The van der Waals surface area contributed by atoms with Crippen molar-refractivity contribution in [2.24, 2.45) is 5.92 Å². The summed E-state index contributed by atoms with van der Waals surface area (Å²) in [6.07, 6.45) is 15.3. The predicted molar refractivity (Wildman–Crippen MR) is 117 cm³/mol. The van der Waals surface area contributed by atoms with Crippen molar-refractivity contribution in [1.29, 1.82) is 0 Å². The number of unbranched alkanes of at least 4 members (excludes halogenated alkanes) is 7. The van der Waals surface area contributed by atoms with Crippen molar-refractivity contribution in [2.45, 2.75) is 104 Å². The molecule has 0 amide bonds. The van der Waals surface area contributed by atoms with Gasteiger partial charge >= 0.3 is 7.60 Å². The number of hydrogen-bond acceptors (Lipinski definition) is 1. The van der Waals surface area contributed by atoms with Crippen LogP contribution in [0.1, 0.15) is 103 Å². The first-order valence-electron chi connectivity index (χ1n) is 11.1. The van der Waals surface area contributed by atoms with Crippen LogP contribution in [-0.2, 0) is 17.4 Å². The topological polar surface area (TPSA) is 57.5 Å². The maximum absolute atomic E-state index is 11.9. The Kier molecular flexibility index (Phi) is 12.2. The van der Waals surface area contributed by atoms with E-state index in [1.807, 2.05) is 6.07 Å². The molecular formula is C23H41O3P. The molecule has 1 unspecified atom stereocenters. The third-order valence-corrected chi connectivity index (χ3v) is 6.64. The van der Waals surface area contributed by atoms with Crippen LogP contribution in [0.3, 0.4) is 0 Å². The maximum Gasteiger partial charge on any atom is 0.356 e. The van der Waals surface area contributed by atoms with Crippen molar-refractivity contribution in [1.82, 2.24) is 0 Å². The molecule has 1 atom stereocenters. The van der Waals surface area contributed by atoms with Gasteiger partial charge in [0.15, 0.2) is 0 Å². The van der Waals surface area contributed by atoms with E-state index < -0.39 is 7.60 Å². The Morgan fingerprint density at radius 3 is 2.11 bits per heavy atom. The van der Waals surface area contributed by atoms with Crippen molar-refractivity contribution in [3.05, 3.63) is 29.3 Å². The smallest absolute Gasteiger partial charge is 0.321 e. The van der Waals surface area contributed by atoms with E-state index >= 15 is 0 Å². The molecule has 0 radical (unpaired) electrons. The fraction of sp³-hybridized carbons (Fsp3) is 0.739. The van der Waals surface area contributed by atoms with Gasteiger partial charge in [0.05, 0.1) is 5.30 Å². The van der Waals surface area contributed by atoms with E-state index in [2.05, 4.69) is 26.8 Å². The van der Waals surface area contributed by atoms with E-state index in [0.29, 0.717) is 5.92 Å². The van der Waals surface area contributed by atoms with Crippen LogP contribution in [0.2, 0.25) is 0 Å². The molecule has 3 nitrogen and oxygen atoms in total. The van der Waals surface area contributed by atoms with Gasteiger partial charge in [-0.25, -0.2) is 0 Å². The summed E-state index contributed by atoms with van der Waals surface area (Å²) in [5.74, 6) is 0.504. The van der Waals surface area contributed by atoms with Crippen molar-refractivity contribution in [2.75, 3.05) is 0 Å². The number of benzene rings is 1. The molecule has 0 heterocycles. The third kappa shape index (κ3) is 9.92. The maximum atomic E-state index is 11.9. The summed E-state index contributed by atoms with van der Waals surface area (Å²) in [6, 6.07) is 5.67. The van der Waals surface area contributed by atoms with Gasteiger partial charge in [-0.2, -0.15) is 0 Å². The average molecular weight is 397 g/mol. The molecule has 0 aromatic heterocycles. The Labute approximate surface area is 167 Å². The van der Waals surface area contributed by atoms with Crippen LogP contribution in [0, 0.1) is 5.92 Å². The minimum absolute atomic E-state index is 0.237. The van der Waals surface area contributed by atoms with Gasteiger partial charge in [0.1, 0.15) is 0 Å². The zero-order valence-corrected chi connectivity index (χ0v) is 18.6. The first-order chi connectivity index (χ1) is 12.9. The highest BCUT2D eigenvalue weighted by molar-refractivity contribution is 7.60. The lowest BCUT2D eigenvalue weighted by molar-refractivity contribution is 0.386. The molecule has 0 aliphatic heterocycles. The molecule has 0 saturated heterocycles. The SMILES string of the molecule is CCCCCCCCCc1ccc(P(=O)(O)O)c(CC(CC)CCCC)c1. The predicted octanol–water partition coefficient (Wildman–Crippen LogP) is 6.54. The van der Waals surface area contributed by atoms with Gasteiger partial charge < -0.3 is 9.79 Å². The van der Waals surface area contributed by atoms with Crippen LogP contribution in [-0.4, -0.2) is 9.79 Å². The normalized spacial score (nSPS) is 13.1. The van der Waals surface area contributed by atoms with Gasteiger partial charge in [-0.05, 0) is 42.4 Å². The van der Waals surface area contributed by atoms with Crippen molar-refractivity contribution >= 4 is 12.9 Å². The molecule has 1 rings (SSSR count). The summed E-state index contributed by atoms with van der Waals surface area (Å²) >= 11 is 0. The first kappa shape index (κ1) is 24.4. The minimum atomic E-state index is -4.22. The highest BCUT2D eigenvalue weighted by Gasteiger charge is 2.23. The second-order valence-electron chi connectivity index (χ2n) is 8.00. The lowest BCUT2D eigenvalue weighted by Crippen LogP contribution is -2.16. The molecule has 1 aromatic carbocycles. The summed E-state index contributed by atoms with van der Waals surface area (Å²) in [5, 5.41) is 0.237. The lowest BCUT2D eigenvalue weighted by Gasteiger charge is -2.19. The molecule has 1 aromatic rings. The molecule has 0 saturated carbocycles. The molecule has 4 heteroatoms. The van der Waals surface area contributed by atoms with Crippen molar-refractivity contribution < 1.29 is 14.4 Å². The molecule has 27 heavy (non-hydrogen) atoms. The summed E-state index contributed by atoms with van der Waals surface area (Å²) < 4.78 is 11.9.